The summed E-state index contributed by atoms with van der Waals surface area (Å²) >= 11 is 6.27. The van der Waals surface area contributed by atoms with Crippen molar-refractivity contribution in [2.24, 2.45) is 13.0 Å². The van der Waals surface area contributed by atoms with Crippen LogP contribution in [0.1, 0.15) is 24.1 Å². The second kappa shape index (κ2) is 8.43. The van der Waals surface area contributed by atoms with Gasteiger partial charge in [0.25, 0.3) is 0 Å². The van der Waals surface area contributed by atoms with Crippen LogP contribution in [0.2, 0.25) is 5.02 Å². The molecule has 0 atom stereocenters. The Hall–Kier alpha value is -2.71. The highest BCUT2D eigenvalue weighted by atomic mass is 35.5. The van der Waals surface area contributed by atoms with E-state index in [0.29, 0.717) is 27.7 Å². The fourth-order valence-electron chi connectivity index (χ4n) is 3.25. The van der Waals surface area contributed by atoms with E-state index in [1.54, 1.807) is 31.4 Å². The van der Waals surface area contributed by atoms with Gasteiger partial charge in [-0.05, 0) is 49.4 Å². The monoisotopic (exact) mass is 459 g/mol. The number of nitrogens with zero attached hydrogens (tertiary/aromatic N) is 3. The summed E-state index contributed by atoms with van der Waals surface area (Å²) in [4.78, 5) is 20.6. The van der Waals surface area contributed by atoms with Gasteiger partial charge in [0.05, 0.1) is 27.9 Å². The van der Waals surface area contributed by atoms with Crippen LogP contribution in [0.3, 0.4) is 0 Å². The lowest BCUT2D eigenvalue weighted by Gasteiger charge is -2.12. The molecular formula is C22H22ClN3O4S. The van der Waals surface area contributed by atoms with Crippen LogP contribution in [0.25, 0.3) is 11.3 Å². The summed E-state index contributed by atoms with van der Waals surface area (Å²) in [6.45, 7) is 1.85. The lowest BCUT2D eigenvalue weighted by atomic mass is 10.2. The molecule has 0 bridgehead atoms. The number of ether oxygens (including phenoxy) is 1. The van der Waals surface area contributed by atoms with Gasteiger partial charge < -0.3 is 9.30 Å². The van der Waals surface area contributed by atoms with E-state index in [4.69, 9.17) is 16.3 Å². The molecule has 1 fully saturated rings. The van der Waals surface area contributed by atoms with Crippen LogP contribution in [-0.2, 0) is 22.6 Å². The van der Waals surface area contributed by atoms with Crippen molar-refractivity contribution in [2.45, 2.75) is 25.5 Å². The molecule has 2 aromatic heterocycles. The van der Waals surface area contributed by atoms with Gasteiger partial charge >= 0.3 is 6.01 Å². The summed E-state index contributed by atoms with van der Waals surface area (Å²) < 4.78 is 32.5. The van der Waals surface area contributed by atoms with Crippen molar-refractivity contribution in [3.05, 3.63) is 69.2 Å². The van der Waals surface area contributed by atoms with Crippen molar-refractivity contribution in [1.82, 2.24) is 14.5 Å². The first-order valence-electron chi connectivity index (χ1n) is 9.88. The molecule has 0 amide bonds. The van der Waals surface area contributed by atoms with Crippen LogP contribution in [-0.4, -0.2) is 28.7 Å². The van der Waals surface area contributed by atoms with E-state index in [1.807, 2.05) is 19.1 Å². The molecule has 4 rings (SSSR count). The smallest absolute Gasteiger partial charge is 0.322 e. The number of benzene rings is 1. The summed E-state index contributed by atoms with van der Waals surface area (Å²) in [6, 6.07) is 10.0. The topological polar surface area (TPSA) is 91.1 Å². The molecule has 0 N–H and O–H groups in total. The normalized spacial score (nSPS) is 13.9. The van der Waals surface area contributed by atoms with Gasteiger partial charge in [-0.25, -0.2) is 8.42 Å². The zero-order chi connectivity index (χ0) is 22.2. The van der Waals surface area contributed by atoms with Crippen LogP contribution in [0.15, 0.2) is 47.4 Å². The molecule has 1 aliphatic carbocycles. The Labute approximate surface area is 185 Å². The Bertz CT molecular complexity index is 1280. The summed E-state index contributed by atoms with van der Waals surface area (Å²) in [5.74, 6) is 0.610. The Morgan fingerprint density at radius 2 is 1.97 bits per heavy atom. The molecule has 1 aromatic carbocycles. The van der Waals surface area contributed by atoms with E-state index < -0.39 is 9.84 Å². The first-order valence-corrected chi connectivity index (χ1v) is 12.1. The molecule has 31 heavy (non-hydrogen) atoms. The van der Waals surface area contributed by atoms with E-state index in [0.717, 1.165) is 18.4 Å². The molecule has 0 aliphatic heterocycles. The summed E-state index contributed by atoms with van der Waals surface area (Å²) in [6.07, 6.45) is 3.54. The van der Waals surface area contributed by atoms with E-state index in [9.17, 15) is 13.2 Å². The average Bonchev–Trinajstić information content (AvgIpc) is 3.49. The Morgan fingerprint density at radius 1 is 1.19 bits per heavy atom. The van der Waals surface area contributed by atoms with Crippen LogP contribution in [0.4, 0.5) is 0 Å². The molecule has 0 radical (unpaired) electrons. The van der Waals surface area contributed by atoms with Gasteiger partial charge in [-0.3, -0.25) is 4.79 Å². The molecule has 0 unspecified atom stereocenters. The van der Waals surface area contributed by atoms with E-state index >= 15 is 0 Å². The summed E-state index contributed by atoms with van der Waals surface area (Å²) in [5, 5.41) is 0.402. The second-order valence-electron chi connectivity index (χ2n) is 7.88. The molecule has 1 aliphatic rings. The molecule has 9 heteroatoms. The minimum Gasteiger partial charge on any atom is -0.422 e. The van der Waals surface area contributed by atoms with Gasteiger partial charge in [0, 0.05) is 24.9 Å². The summed E-state index contributed by atoms with van der Waals surface area (Å²) in [5.41, 5.74) is 2.08. The maximum absolute atomic E-state index is 12.6. The Balaban J connectivity index is 1.75. The van der Waals surface area contributed by atoms with Crippen molar-refractivity contribution in [3.8, 4) is 23.0 Å². The Morgan fingerprint density at radius 3 is 2.65 bits per heavy atom. The highest BCUT2D eigenvalue weighted by molar-refractivity contribution is 7.90. The number of aromatic nitrogens is 3. The van der Waals surface area contributed by atoms with Crippen LogP contribution < -0.4 is 10.3 Å². The number of hydrogen-bond acceptors (Lipinski definition) is 6. The summed E-state index contributed by atoms with van der Waals surface area (Å²) in [7, 11) is -1.68. The molecule has 0 spiro atoms. The number of halogens is 1. The quantitative estimate of drug-likeness (QED) is 0.531. The molecule has 162 valence electrons. The lowest BCUT2D eigenvalue weighted by Crippen LogP contribution is -2.15. The van der Waals surface area contributed by atoms with E-state index in [-0.39, 0.29) is 29.0 Å². The van der Waals surface area contributed by atoms with Gasteiger partial charge in [0.1, 0.15) is 0 Å². The maximum Gasteiger partial charge on any atom is 0.322 e. The number of para-hydroxylation sites is 1. The van der Waals surface area contributed by atoms with Gasteiger partial charge in [0.15, 0.2) is 15.6 Å². The average molecular weight is 460 g/mol. The third-order valence-corrected chi connectivity index (χ3v) is 7.06. The predicted molar refractivity (Wildman–Crippen MR) is 119 cm³/mol. The van der Waals surface area contributed by atoms with Crippen molar-refractivity contribution in [1.29, 1.82) is 0 Å². The maximum atomic E-state index is 12.6. The third kappa shape index (κ3) is 5.32. The van der Waals surface area contributed by atoms with Crippen LogP contribution >= 0.6 is 11.6 Å². The molecular weight excluding hydrogens is 438 g/mol. The van der Waals surface area contributed by atoms with Crippen molar-refractivity contribution >= 4 is 21.4 Å². The zero-order valence-corrected chi connectivity index (χ0v) is 18.8. The van der Waals surface area contributed by atoms with E-state index in [2.05, 4.69) is 9.97 Å². The second-order valence-corrected chi connectivity index (χ2v) is 10.4. The largest absolute Gasteiger partial charge is 0.422 e. The molecule has 0 saturated heterocycles. The minimum absolute atomic E-state index is 0.000764. The molecule has 7 nitrogen and oxygen atoms in total. The van der Waals surface area contributed by atoms with Crippen molar-refractivity contribution in [3.63, 3.8) is 0 Å². The number of hydrogen-bond donors (Lipinski definition) is 0. The first-order chi connectivity index (χ1) is 14.7. The highest BCUT2D eigenvalue weighted by Crippen LogP contribution is 2.33. The van der Waals surface area contributed by atoms with Crippen LogP contribution in [0, 0.1) is 12.8 Å². The lowest BCUT2D eigenvalue weighted by molar-refractivity contribution is 0.438. The molecule has 1 saturated carbocycles. The van der Waals surface area contributed by atoms with Gasteiger partial charge in [-0.1, -0.05) is 23.7 Å². The number of sulfone groups is 1. The minimum atomic E-state index is -3.32. The predicted octanol–water partition coefficient (Wildman–Crippen LogP) is 3.92. The molecule has 3 aromatic rings. The highest BCUT2D eigenvalue weighted by Gasteiger charge is 2.28. The van der Waals surface area contributed by atoms with Crippen molar-refractivity contribution < 1.29 is 13.2 Å². The zero-order valence-electron chi connectivity index (χ0n) is 17.2. The standard InChI is InChI=1S/C22H22ClN3O4S/c1-14-4-3-5-18(23)21(14)30-22-24-17(13-31(28,29)12-15-6-7-15)10-19(25-22)16-8-9-20(27)26(2)11-16/h3-5,8-11,15H,6-7,12-13H2,1-2H3. The number of pyridine rings is 1. The Kier molecular flexibility index (Phi) is 5.85. The van der Waals surface area contributed by atoms with Crippen molar-refractivity contribution in [2.75, 3.05) is 5.75 Å². The first kappa shape index (κ1) is 21.5. The fourth-order valence-corrected chi connectivity index (χ4v) is 5.28. The van der Waals surface area contributed by atoms with Crippen LogP contribution in [0.5, 0.6) is 11.8 Å². The third-order valence-electron chi connectivity index (χ3n) is 5.05. The molecule has 2 heterocycles. The van der Waals surface area contributed by atoms with Gasteiger partial charge in [-0.15, -0.1) is 0 Å². The van der Waals surface area contributed by atoms with Gasteiger partial charge in [-0.2, -0.15) is 9.97 Å². The fraction of sp³-hybridized carbons (Fsp3) is 0.318. The SMILES string of the molecule is Cc1cccc(Cl)c1Oc1nc(CS(=O)(=O)CC2CC2)cc(-c2ccc(=O)n(C)c2)n1. The van der Waals surface area contributed by atoms with Gasteiger partial charge in [0.2, 0.25) is 5.56 Å². The van der Waals surface area contributed by atoms with E-state index in [1.165, 1.54) is 10.6 Å². The number of rotatable bonds is 7. The number of aryl methyl sites for hydroxylation is 2.